The monoisotopic (exact) mass is 375 g/mol. The fourth-order valence-electron chi connectivity index (χ4n) is 2.84. The average molecular weight is 375 g/mol. The first-order chi connectivity index (χ1) is 12.6. The molecule has 0 saturated heterocycles. The average Bonchev–Trinajstić information content (AvgIpc) is 3.30. The maximum absolute atomic E-state index is 12.3. The number of aryl methyl sites for hydroxylation is 1. The molecule has 0 aromatic carbocycles. The van der Waals surface area contributed by atoms with E-state index in [1.54, 1.807) is 18.3 Å². The number of nitrogens with zero attached hydrogens (tertiary/aromatic N) is 2. The van der Waals surface area contributed by atoms with Crippen molar-refractivity contribution >= 4 is 23.6 Å². The number of thioether (sulfide) groups is 1. The Morgan fingerprint density at radius 3 is 2.92 bits per heavy atom. The van der Waals surface area contributed by atoms with E-state index in [4.69, 9.17) is 9.26 Å². The lowest BCUT2D eigenvalue weighted by Gasteiger charge is -2.12. The number of hydrogen-bond donors (Lipinski definition) is 1. The Hall–Kier alpha value is -2.35. The maximum atomic E-state index is 12.3. The van der Waals surface area contributed by atoms with Crippen molar-refractivity contribution in [1.29, 1.82) is 0 Å². The summed E-state index contributed by atoms with van der Waals surface area (Å²) in [4.78, 5) is 28.5. The number of aromatic nitrogens is 2. The van der Waals surface area contributed by atoms with Gasteiger partial charge in [-0.3, -0.25) is 4.79 Å². The zero-order valence-corrected chi connectivity index (χ0v) is 15.4. The van der Waals surface area contributed by atoms with Gasteiger partial charge in [-0.25, -0.2) is 9.78 Å². The summed E-state index contributed by atoms with van der Waals surface area (Å²) >= 11 is 1.37. The molecule has 138 valence electrons. The second-order valence-electron chi connectivity index (χ2n) is 6.20. The van der Waals surface area contributed by atoms with E-state index in [0.717, 1.165) is 37.1 Å². The molecule has 0 aliphatic heterocycles. The lowest BCUT2D eigenvalue weighted by atomic mass is 10.2. The molecule has 1 fully saturated rings. The molecule has 8 heteroatoms. The molecule has 7 nitrogen and oxygen atoms in total. The van der Waals surface area contributed by atoms with Crippen LogP contribution in [-0.4, -0.2) is 34.7 Å². The first-order valence-electron chi connectivity index (χ1n) is 8.58. The van der Waals surface area contributed by atoms with Gasteiger partial charge in [-0.2, -0.15) is 0 Å². The Balaban J connectivity index is 1.54. The van der Waals surface area contributed by atoms with Gasteiger partial charge in [0.2, 0.25) is 0 Å². The van der Waals surface area contributed by atoms with Gasteiger partial charge in [-0.15, -0.1) is 0 Å². The summed E-state index contributed by atoms with van der Waals surface area (Å²) < 4.78 is 10.2. The fourth-order valence-corrected chi connectivity index (χ4v) is 3.70. The van der Waals surface area contributed by atoms with Crippen LogP contribution in [-0.2, 0) is 15.3 Å². The molecule has 0 spiro atoms. The first kappa shape index (κ1) is 18.4. The van der Waals surface area contributed by atoms with Gasteiger partial charge in [-0.1, -0.05) is 29.8 Å². The SMILES string of the molecule is Cc1cc(CSc2ncccc2C(=O)OCC(=O)NC2CCCC2)no1. The number of hydrogen-bond acceptors (Lipinski definition) is 7. The van der Waals surface area contributed by atoms with E-state index in [0.29, 0.717) is 16.3 Å². The minimum absolute atomic E-state index is 0.205. The lowest BCUT2D eigenvalue weighted by molar-refractivity contribution is -0.124. The highest BCUT2D eigenvalue weighted by Gasteiger charge is 2.19. The summed E-state index contributed by atoms with van der Waals surface area (Å²) in [5, 5.41) is 7.35. The van der Waals surface area contributed by atoms with Gasteiger partial charge in [0.1, 0.15) is 10.8 Å². The number of carbonyl (C=O) groups is 2. The molecule has 1 saturated carbocycles. The summed E-state index contributed by atoms with van der Waals surface area (Å²) in [5.41, 5.74) is 1.11. The molecule has 3 rings (SSSR count). The van der Waals surface area contributed by atoms with E-state index < -0.39 is 5.97 Å². The smallest absolute Gasteiger partial charge is 0.341 e. The molecule has 1 N–H and O–H groups in total. The Morgan fingerprint density at radius 2 is 2.19 bits per heavy atom. The van der Waals surface area contributed by atoms with E-state index >= 15 is 0 Å². The number of rotatable bonds is 7. The van der Waals surface area contributed by atoms with Crippen molar-refractivity contribution in [3.05, 3.63) is 41.4 Å². The van der Waals surface area contributed by atoms with Crippen LogP contribution in [0.5, 0.6) is 0 Å². The second-order valence-corrected chi connectivity index (χ2v) is 7.16. The van der Waals surface area contributed by atoms with Crippen LogP contribution in [0.15, 0.2) is 33.9 Å². The molecule has 0 atom stereocenters. The van der Waals surface area contributed by atoms with Crippen molar-refractivity contribution in [2.24, 2.45) is 0 Å². The van der Waals surface area contributed by atoms with Crippen LogP contribution in [0.2, 0.25) is 0 Å². The molecule has 0 unspecified atom stereocenters. The standard InChI is InChI=1S/C18H21N3O4S/c1-12-9-14(21-25-12)11-26-17-15(7-4-8-19-17)18(23)24-10-16(22)20-13-5-2-3-6-13/h4,7-9,13H,2-3,5-6,10-11H2,1H3,(H,20,22). The van der Waals surface area contributed by atoms with Crippen molar-refractivity contribution in [3.63, 3.8) is 0 Å². The number of pyridine rings is 1. The van der Waals surface area contributed by atoms with Crippen LogP contribution in [0, 0.1) is 6.92 Å². The maximum Gasteiger partial charge on any atom is 0.341 e. The van der Waals surface area contributed by atoms with Gasteiger partial charge in [0, 0.05) is 24.1 Å². The lowest BCUT2D eigenvalue weighted by Crippen LogP contribution is -2.35. The third-order valence-corrected chi connectivity index (χ3v) is 5.12. The van der Waals surface area contributed by atoms with Crippen LogP contribution >= 0.6 is 11.8 Å². The normalized spacial score (nSPS) is 14.3. The molecular weight excluding hydrogens is 354 g/mol. The molecular formula is C18H21N3O4S. The number of carbonyl (C=O) groups excluding carboxylic acids is 2. The van der Waals surface area contributed by atoms with E-state index in [1.807, 2.05) is 13.0 Å². The topological polar surface area (TPSA) is 94.3 Å². The predicted molar refractivity (Wildman–Crippen MR) is 95.7 cm³/mol. The summed E-state index contributed by atoms with van der Waals surface area (Å²) in [5.74, 6) is 0.436. The third kappa shape index (κ3) is 5.08. The molecule has 26 heavy (non-hydrogen) atoms. The van der Waals surface area contributed by atoms with Gasteiger partial charge in [0.15, 0.2) is 6.61 Å². The van der Waals surface area contributed by atoms with Gasteiger partial charge in [0.05, 0.1) is 11.3 Å². The van der Waals surface area contributed by atoms with E-state index in [-0.39, 0.29) is 18.6 Å². The quantitative estimate of drug-likeness (QED) is 0.587. The number of esters is 1. The number of amides is 1. The van der Waals surface area contributed by atoms with Crippen molar-refractivity contribution in [2.75, 3.05) is 6.61 Å². The zero-order valence-electron chi connectivity index (χ0n) is 14.6. The molecule has 0 radical (unpaired) electrons. The number of ether oxygens (including phenoxy) is 1. The Labute approximate surface area is 155 Å². The summed E-state index contributed by atoms with van der Waals surface area (Å²) in [6, 6.07) is 5.35. The minimum Gasteiger partial charge on any atom is -0.452 e. The van der Waals surface area contributed by atoms with Crippen molar-refractivity contribution in [3.8, 4) is 0 Å². The van der Waals surface area contributed by atoms with E-state index in [2.05, 4.69) is 15.5 Å². The Bertz CT molecular complexity index is 771. The van der Waals surface area contributed by atoms with Crippen molar-refractivity contribution < 1.29 is 18.8 Å². The molecule has 1 aliphatic rings. The van der Waals surface area contributed by atoms with Gasteiger partial charge < -0.3 is 14.6 Å². The number of nitrogens with one attached hydrogen (secondary N) is 1. The minimum atomic E-state index is -0.557. The van der Waals surface area contributed by atoms with Gasteiger partial charge in [-0.05, 0) is 31.9 Å². The predicted octanol–water partition coefficient (Wildman–Crippen LogP) is 2.89. The largest absolute Gasteiger partial charge is 0.452 e. The highest BCUT2D eigenvalue weighted by atomic mass is 32.2. The molecule has 1 aliphatic carbocycles. The Kier molecular flexibility index (Phi) is 6.27. The van der Waals surface area contributed by atoms with Crippen LogP contribution in [0.3, 0.4) is 0 Å². The van der Waals surface area contributed by atoms with E-state index in [1.165, 1.54) is 11.8 Å². The fraction of sp³-hybridized carbons (Fsp3) is 0.444. The summed E-state index contributed by atoms with van der Waals surface area (Å²) in [6.45, 7) is 1.54. The molecule has 2 heterocycles. The third-order valence-electron chi connectivity index (χ3n) is 4.08. The molecule has 2 aromatic rings. The van der Waals surface area contributed by atoms with Crippen LogP contribution in [0.25, 0.3) is 0 Å². The van der Waals surface area contributed by atoms with Crippen LogP contribution < -0.4 is 5.32 Å². The van der Waals surface area contributed by atoms with Gasteiger partial charge in [0.25, 0.3) is 5.91 Å². The molecule has 2 aromatic heterocycles. The first-order valence-corrected chi connectivity index (χ1v) is 9.57. The molecule has 1 amide bonds. The second kappa shape index (κ2) is 8.84. The molecule has 0 bridgehead atoms. The highest BCUT2D eigenvalue weighted by Crippen LogP contribution is 2.24. The van der Waals surface area contributed by atoms with Crippen LogP contribution in [0.4, 0.5) is 0 Å². The van der Waals surface area contributed by atoms with Gasteiger partial charge >= 0.3 is 5.97 Å². The zero-order chi connectivity index (χ0) is 18.4. The highest BCUT2D eigenvalue weighted by molar-refractivity contribution is 7.98. The summed E-state index contributed by atoms with van der Waals surface area (Å²) in [6.07, 6.45) is 5.85. The van der Waals surface area contributed by atoms with Crippen LogP contribution in [0.1, 0.15) is 47.5 Å². The summed E-state index contributed by atoms with van der Waals surface area (Å²) in [7, 11) is 0. The van der Waals surface area contributed by atoms with Crippen molar-refractivity contribution in [1.82, 2.24) is 15.5 Å². The van der Waals surface area contributed by atoms with Crippen molar-refractivity contribution in [2.45, 2.75) is 49.4 Å². The van der Waals surface area contributed by atoms with E-state index in [9.17, 15) is 9.59 Å². The Morgan fingerprint density at radius 1 is 1.38 bits per heavy atom.